The first-order chi connectivity index (χ1) is 18.9. The van der Waals surface area contributed by atoms with Gasteiger partial charge in [0.25, 0.3) is 0 Å². The minimum absolute atomic E-state index is 0.259. The summed E-state index contributed by atoms with van der Waals surface area (Å²) < 4.78 is 0. The highest BCUT2D eigenvalue weighted by Gasteiger charge is 2.59. The highest BCUT2D eigenvalue weighted by molar-refractivity contribution is 5.99. The molecule has 0 aliphatic rings. The Labute approximate surface area is 243 Å². The molecule has 0 saturated heterocycles. The molecular weight excluding hydrogens is 484 g/mol. The summed E-state index contributed by atoms with van der Waals surface area (Å²) in [5.74, 6) is -2.24. The summed E-state index contributed by atoms with van der Waals surface area (Å²) >= 11 is 0. The van der Waals surface area contributed by atoms with Crippen molar-refractivity contribution in [1.82, 2.24) is 0 Å². The molecule has 0 aromatic carbocycles. The number of unbranched alkanes of at least 4 members (excludes halogenated alkanes) is 21. The second-order valence-corrected chi connectivity index (χ2v) is 12.4. The first-order valence-electron chi connectivity index (χ1n) is 17.3. The Morgan fingerprint density at radius 2 is 0.667 bits per heavy atom. The van der Waals surface area contributed by atoms with E-state index in [4.69, 9.17) is 0 Å². The van der Waals surface area contributed by atoms with Crippen molar-refractivity contribution in [3.63, 3.8) is 0 Å². The van der Waals surface area contributed by atoms with Crippen LogP contribution in [-0.4, -0.2) is 22.2 Å². The van der Waals surface area contributed by atoms with E-state index in [0.717, 1.165) is 25.7 Å². The maximum Gasteiger partial charge on any atom is 0.321 e. The molecule has 232 valence electrons. The lowest BCUT2D eigenvalue weighted by atomic mass is 9.56. The molecule has 39 heavy (non-hydrogen) atoms. The molecule has 0 atom stereocenters. The summed E-state index contributed by atoms with van der Waals surface area (Å²) in [4.78, 5) is 25.4. The van der Waals surface area contributed by atoms with Crippen LogP contribution in [0.3, 0.4) is 0 Å². The van der Waals surface area contributed by atoms with Gasteiger partial charge in [0, 0.05) is 0 Å². The molecule has 0 radical (unpaired) electrons. The number of carbonyl (C=O) groups is 2. The zero-order valence-electron chi connectivity index (χ0n) is 26.8. The standard InChI is InChI=1S/C35H68O4/c1-5-9-11-13-15-17-19-21-23-25-27-29-31-35(32(36)37,33(38)39)34(7-3,8-4)30-28-26-24-22-20-18-16-14-12-10-6-2/h5-31H2,1-4H3,(H,36,37)(H,38,39). The molecule has 4 nitrogen and oxygen atoms in total. The number of carboxylic acids is 2. The third-order valence-corrected chi connectivity index (χ3v) is 9.65. The van der Waals surface area contributed by atoms with Gasteiger partial charge in [0.1, 0.15) is 0 Å². The molecule has 0 spiro atoms. The molecule has 2 N–H and O–H groups in total. The highest BCUT2D eigenvalue weighted by Crippen LogP contribution is 2.52. The number of hydrogen-bond donors (Lipinski definition) is 2. The largest absolute Gasteiger partial charge is 0.480 e. The van der Waals surface area contributed by atoms with E-state index in [0.29, 0.717) is 25.7 Å². The van der Waals surface area contributed by atoms with Crippen LogP contribution < -0.4 is 0 Å². The summed E-state index contributed by atoms with van der Waals surface area (Å²) in [6.07, 6.45) is 30.3. The average Bonchev–Trinajstić information content (AvgIpc) is 2.92. The Hall–Kier alpha value is -1.06. The van der Waals surface area contributed by atoms with Gasteiger partial charge >= 0.3 is 11.9 Å². The van der Waals surface area contributed by atoms with Gasteiger partial charge in [0.15, 0.2) is 5.41 Å². The van der Waals surface area contributed by atoms with Gasteiger partial charge in [-0.25, -0.2) is 0 Å². The van der Waals surface area contributed by atoms with Gasteiger partial charge in [-0.1, -0.05) is 175 Å². The van der Waals surface area contributed by atoms with Gasteiger partial charge < -0.3 is 10.2 Å². The molecule has 0 aromatic rings. The van der Waals surface area contributed by atoms with Gasteiger partial charge in [0.2, 0.25) is 0 Å². The van der Waals surface area contributed by atoms with E-state index in [9.17, 15) is 19.8 Å². The van der Waals surface area contributed by atoms with Crippen molar-refractivity contribution in [2.24, 2.45) is 10.8 Å². The Morgan fingerprint density at radius 3 is 0.923 bits per heavy atom. The molecule has 4 heteroatoms. The molecule has 0 bridgehead atoms. The fraction of sp³-hybridized carbons (Fsp3) is 0.943. The van der Waals surface area contributed by atoms with Crippen LogP contribution in [0, 0.1) is 10.8 Å². The second kappa shape index (κ2) is 24.7. The summed E-state index contributed by atoms with van der Waals surface area (Å²) in [5, 5.41) is 20.7. The van der Waals surface area contributed by atoms with Crippen LogP contribution in [0.4, 0.5) is 0 Å². The van der Waals surface area contributed by atoms with Crippen molar-refractivity contribution in [2.75, 3.05) is 0 Å². The SMILES string of the molecule is CCCCCCCCCCCCCCC(C(=O)O)(C(=O)O)C(CC)(CC)CCCCCCCCCCCCC. The third-order valence-electron chi connectivity index (χ3n) is 9.65. The lowest BCUT2D eigenvalue weighted by Crippen LogP contribution is -2.53. The molecule has 0 unspecified atom stereocenters. The molecule has 0 saturated carbocycles. The Morgan fingerprint density at radius 1 is 0.410 bits per heavy atom. The Balaban J connectivity index is 4.61. The number of carboxylic acid groups (broad SMARTS) is 2. The number of aliphatic carboxylic acids is 2. The first-order valence-corrected chi connectivity index (χ1v) is 17.3. The van der Waals surface area contributed by atoms with Crippen molar-refractivity contribution < 1.29 is 19.8 Å². The summed E-state index contributed by atoms with van der Waals surface area (Å²) in [7, 11) is 0. The molecule has 0 aliphatic heterocycles. The van der Waals surface area contributed by atoms with E-state index in [1.807, 2.05) is 13.8 Å². The zero-order valence-corrected chi connectivity index (χ0v) is 26.8. The van der Waals surface area contributed by atoms with Gasteiger partial charge in [0.05, 0.1) is 0 Å². The molecule has 0 aromatic heterocycles. The molecule has 0 aliphatic carbocycles. The monoisotopic (exact) mass is 553 g/mol. The topological polar surface area (TPSA) is 74.6 Å². The molecule has 0 rings (SSSR count). The minimum atomic E-state index is -1.67. The number of rotatable bonds is 30. The Kier molecular flexibility index (Phi) is 24.0. The summed E-state index contributed by atoms with van der Waals surface area (Å²) in [5.41, 5.74) is -2.35. The van der Waals surface area contributed by atoms with Gasteiger partial charge in [-0.05, 0) is 31.1 Å². The lowest BCUT2D eigenvalue weighted by molar-refractivity contribution is -0.179. The molecular formula is C35H68O4. The van der Waals surface area contributed by atoms with Gasteiger partial charge in [-0.2, -0.15) is 0 Å². The molecule has 0 heterocycles. The third kappa shape index (κ3) is 14.9. The van der Waals surface area contributed by atoms with Crippen molar-refractivity contribution in [2.45, 2.75) is 201 Å². The van der Waals surface area contributed by atoms with Gasteiger partial charge in [-0.3, -0.25) is 9.59 Å². The van der Waals surface area contributed by atoms with Crippen molar-refractivity contribution in [3.05, 3.63) is 0 Å². The van der Waals surface area contributed by atoms with Crippen molar-refractivity contribution >= 4 is 11.9 Å². The predicted octanol–water partition coefficient (Wildman–Crippen LogP) is 11.7. The average molecular weight is 553 g/mol. The van der Waals surface area contributed by atoms with Gasteiger partial charge in [-0.15, -0.1) is 0 Å². The lowest BCUT2D eigenvalue weighted by Gasteiger charge is -2.45. The fourth-order valence-corrected chi connectivity index (χ4v) is 6.80. The van der Waals surface area contributed by atoms with Crippen molar-refractivity contribution in [1.29, 1.82) is 0 Å². The van der Waals surface area contributed by atoms with Crippen LogP contribution in [-0.2, 0) is 9.59 Å². The minimum Gasteiger partial charge on any atom is -0.480 e. The summed E-state index contributed by atoms with van der Waals surface area (Å²) in [6, 6.07) is 0. The first kappa shape index (κ1) is 37.9. The maximum absolute atomic E-state index is 12.7. The normalized spacial score (nSPS) is 12.2. The predicted molar refractivity (Wildman–Crippen MR) is 167 cm³/mol. The van der Waals surface area contributed by atoms with Crippen LogP contribution in [0.15, 0.2) is 0 Å². The van der Waals surface area contributed by atoms with Crippen LogP contribution in [0.2, 0.25) is 0 Å². The van der Waals surface area contributed by atoms with E-state index >= 15 is 0 Å². The van der Waals surface area contributed by atoms with E-state index in [2.05, 4.69) is 13.8 Å². The second-order valence-electron chi connectivity index (χ2n) is 12.4. The van der Waals surface area contributed by atoms with E-state index in [1.54, 1.807) is 0 Å². The highest BCUT2D eigenvalue weighted by atomic mass is 16.4. The molecule has 0 fully saturated rings. The van der Waals surface area contributed by atoms with Crippen LogP contribution in [0.5, 0.6) is 0 Å². The smallest absolute Gasteiger partial charge is 0.321 e. The van der Waals surface area contributed by atoms with E-state index in [-0.39, 0.29) is 6.42 Å². The van der Waals surface area contributed by atoms with Crippen LogP contribution >= 0.6 is 0 Å². The van der Waals surface area contributed by atoms with Crippen LogP contribution in [0.25, 0.3) is 0 Å². The van der Waals surface area contributed by atoms with Crippen LogP contribution in [0.1, 0.15) is 201 Å². The number of hydrogen-bond acceptors (Lipinski definition) is 2. The van der Waals surface area contributed by atoms with Crippen molar-refractivity contribution in [3.8, 4) is 0 Å². The fourth-order valence-electron chi connectivity index (χ4n) is 6.80. The maximum atomic E-state index is 12.7. The van der Waals surface area contributed by atoms with E-state index in [1.165, 1.54) is 116 Å². The Bertz CT molecular complexity index is 567. The molecule has 0 amide bonds. The summed E-state index contributed by atoms with van der Waals surface area (Å²) in [6.45, 7) is 8.51. The zero-order chi connectivity index (χ0) is 29.2. The van der Waals surface area contributed by atoms with E-state index < -0.39 is 22.8 Å². The quantitative estimate of drug-likeness (QED) is 0.0686.